The van der Waals surface area contributed by atoms with Crippen molar-refractivity contribution in [2.75, 3.05) is 13.7 Å². The monoisotopic (exact) mass is 372 g/mol. The van der Waals surface area contributed by atoms with E-state index in [4.69, 9.17) is 14.9 Å². The van der Waals surface area contributed by atoms with Crippen molar-refractivity contribution in [3.63, 3.8) is 0 Å². The molecule has 0 bridgehead atoms. The molecule has 0 saturated carbocycles. The van der Waals surface area contributed by atoms with E-state index in [2.05, 4.69) is 0 Å². The second-order valence-electron chi connectivity index (χ2n) is 6.01. The van der Waals surface area contributed by atoms with E-state index in [-0.39, 0.29) is 5.78 Å². The van der Waals surface area contributed by atoms with Gasteiger partial charge in [-0.3, -0.25) is 0 Å². The molecule has 0 aliphatic carbocycles. The molecular weight excluding hydrogens is 340 g/mol. The van der Waals surface area contributed by atoms with Gasteiger partial charge in [-0.15, -0.1) is 0 Å². The molecule has 7 nitrogen and oxygen atoms in total. The lowest BCUT2D eigenvalue weighted by Gasteiger charge is -2.40. The molecule has 1 saturated heterocycles. The van der Waals surface area contributed by atoms with Crippen molar-refractivity contribution in [3.8, 4) is 0 Å². The smallest absolute Gasteiger partial charge is 0.129 e. The van der Waals surface area contributed by atoms with E-state index in [1.807, 2.05) is 37.3 Å². The van der Waals surface area contributed by atoms with Crippen LogP contribution in [0.4, 0.5) is 0 Å². The van der Waals surface area contributed by atoms with Crippen LogP contribution in [-0.4, -0.2) is 75.6 Å². The minimum atomic E-state index is -1.30. The first-order valence-electron chi connectivity index (χ1n) is 8.69. The van der Waals surface area contributed by atoms with Crippen molar-refractivity contribution >= 4 is 5.78 Å². The molecule has 1 fully saturated rings. The summed E-state index contributed by atoms with van der Waals surface area (Å²) in [5.74, 6) is 0.289. The number of ether oxygens (including phenoxy) is 1. The minimum Gasteiger partial charge on any atom is -0.400 e. The fraction of sp³-hybridized carbons (Fsp3) is 0.632. The standard InChI is InChI=1S/C13H18O5.C5H10O.CH4O/c14-7-10-12(16)13(17)11(15)9(18-10)6-8-4-2-1-3-5-8;1-3-4-5(2)6;1-2/h1-5,9-17H,6-7H2;3-4H2,1-2H3;2H,1H3. The summed E-state index contributed by atoms with van der Waals surface area (Å²) in [4.78, 5) is 10.0. The summed E-state index contributed by atoms with van der Waals surface area (Å²) >= 11 is 0. The highest BCUT2D eigenvalue weighted by Gasteiger charge is 2.43. The first-order chi connectivity index (χ1) is 12.4. The molecule has 1 heterocycles. The number of aliphatic hydroxyl groups excluding tert-OH is 5. The average molecular weight is 372 g/mol. The van der Waals surface area contributed by atoms with Gasteiger partial charge in [0.2, 0.25) is 0 Å². The van der Waals surface area contributed by atoms with Crippen LogP contribution in [0.2, 0.25) is 0 Å². The van der Waals surface area contributed by atoms with Crippen LogP contribution >= 0.6 is 0 Å². The number of hydrogen-bond acceptors (Lipinski definition) is 7. The molecule has 5 atom stereocenters. The van der Waals surface area contributed by atoms with E-state index in [0.29, 0.717) is 6.42 Å². The van der Waals surface area contributed by atoms with E-state index >= 15 is 0 Å². The van der Waals surface area contributed by atoms with Crippen LogP contribution in [0.25, 0.3) is 0 Å². The quantitative estimate of drug-likeness (QED) is 0.494. The van der Waals surface area contributed by atoms with E-state index in [1.165, 1.54) is 0 Å². The van der Waals surface area contributed by atoms with E-state index in [0.717, 1.165) is 25.5 Å². The largest absolute Gasteiger partial charge is 0.400 e. The van der Waals surface area contributed by atoms with Gasteiger partial charge in [-0.1, -0.05) is 37.3 Å². The molecule has 0 amide bonds. The number of carbonyl (C=O) groups is 1. The zero-order valence-corrected chi connectivity index (χ0v) is 15.7. The van der Waals surface area contributed by atoms with Gasteiger partial charge in [0.25, 0.3) is 0 Å². The van der Waals surface area contributed by atoms with Gasteiger partial charge in [-0.05, 0) is 18.9 Å². The summed E-state index contributed by atoms with van der Waals surface area (Å²) in [6.07, 6.45) is -3.10. The number of hydrogen-bond donors (Lipinski definition) is 5. The molecule has 150 valence electrons. The van der Waals surface area contributed by atoms with Crippen molar-refractivity contribution in [2.24, 2.45) is 0 Å². The summed E-state index contributed by atoms with van der Waals surface area (Å²) in [6.45, 7) is 3.22. The molecule has 7 heteroatoms. The molecule has 1 aromatic carbocycles. The first-order valence-corrected chi connectivity index (χ1v) is 8.69. The molecule has 5 N–H and O–H groups in total. The van der Waals surface area contributed by atoms with Gasteiger partial charge < -0.3 is 35.1 Å². The Morgan fingerprint density at radius 1 is 1.00 bits per heavy atom. The maximum absolute atomic E-state index is 10.0. The van der Waals surface area contributed by atoms with Gasteiger partial charge in [-0.25, -0.2) is 0 Å². The lowest BCUT2D eigenvalue weighted by atomic mass is 9.92. The Bertz CT molecular complexity index is 478. The van der Waals surface area contributed by atoms with Gasteiger partial charge in [-0.2, -0.15) is 0 Å². The third-order valence-corrected chi connectivity index (χ3v) is 3.87. The molecule has 0 radical (unpaired) electrons. The molecule has 0 aromatic heterocycles. The predicted octanol–water partition coefficient (Wildman–Crippen LogP) is 0.0555. The molecule has 5 unspecified atom stereocenters. The summed E-state index contributed by atoms with van der Waals surface area (Å²) in [7, 11) is 1.00. The summed E-state index contributed by atoms with van der Waals surface area (Å²) < 4.78 is 5.42. The minimum absolute atomic E-state index is 0.289. The third-order valence-electron chi connectivity index (χ3n) is 3.87. The number of ketones is 1. The zero-order valence-electron chi connectivity index (χ0n) is 15.7. The normalized spacial score (nSPS) is 27.5. The molecular formula is C19H32O7. The van der Waals surface area contributed by atoms with Crippen LogP contribution in [0.1, 0.15) is 32.3 Å². The summed E-state index contributed by atoms with van der Waals surface area (Å²) in [5, 5.41) is 45.2. The average Bonchev–Trinajstić information content (AvgIpc) is 2.65. The lowest BCUT2D eigenvalue weighted by molar-refractivity contribution is -0.228. The number of Topliss-reactive ketones (excluding diaryl/α,β-unsaturated/α-hetero) is 1. The number of aliphatic hydroxyl groups is 5. The van der Waals surface area contributed by atoms with E-state index in [1.54, 1.807) is 6.92 Å². The van der Waals surface area contributed by atoms with Crippen molar-refractivity contribution in [2.45, 2.75) is 63.6 Å². The Balaban J connectivity index is 0.000000667. The highest BCUT2D eigenvalue weighted by atomic mass is 16.5. The maximum Gasteiger partial charge on any atom is 0.129 e. The van der Waals surface area contributed by atoms with Crippen molar-refractivity contribution in [3.05, 3.63) is 35.9 Å². The van der Waals surface area contributed by atoms with Gasteiger partial charge in [0.1, 0.15) is 30.2 Å². The molecule has 1 aromatic rings. The van der Waals surface area contributed by atoms with Crippen LogP contribution < -0.4 is 0 Å². The van der Waals surface area contributed by atoms with Crippen LogP contribution in [0, 0.1) is 0 Å². The summed E-state index contributed by atoms with van der Waals surface area (Å²) in [6, 6.07) is 9.42. The van der Waals surface area contributed by atoms with Gasteiger partial charge in [0, 0.05) is 20.0 Å². The topological polar surface area (TPSA) is 127 Å². The molecule has 2 rings (SSSR count). The molecule has 1 aliphatic rings. The van der Waals surface area contributed by atoms with Crippen LogP contribution in [-0.2, 0) is 16.0 Å². The van der Waals surface area contributed by atoms with Crippen molar-refractivity contribution in [1.29, 1.82) is 0 Å². The SMILES string of the molecule is CCCC(C)=O.CO.OCC1OC(Cc2ccccc2)C(O)C(O)C1O. The molecule has 0 spiro atoms. The predicted molar refractivity (Wildman–Crippen MR) is 97.6 cm³/mol. The Labute approximate surface area is 154 Å². The molecule has 1 aliphatic heterocycles. The van der Waals surface area contributed by atoms with Crippen molar-refractivity contribution < 1.29 is 35.1 Å². The lowest BCUT2D eigenvalue weighted by Crippen LogP contribution is -2.58. The van der Waals surface area contributed by atoms with Crippen LogP contribution in [0.15, 0.2) is 30.3 Å². The highest BCUT2D eigenvalue weighted by molar-refractivity contribution is 5.75. The first kappa shape index (κ1) is 24.7. The second kappa shape index (κ2) is 13.8. The number of carbonyl (C=O) groups excluding carboxylic acids is 1. The maximum atomic E-state index is 10.0. The zero-order chi connectivity index (χ0) is 20.1. The fourth-order valence-electron chi connectivity index (χ4n) is 2.55. The van der Waals surface area contributed by atoms with Gasteiger partial charge in [0.15, 0.2) is 0 Å². The number of rotatable bonds is 5. The summed E-state index contributed by atoms with van der Waals surface area (Å²) in [5.41, 5.74) is 0.960. The van der Waals surface area contributed by atoms with Gasteiger partial charge in [0.05, 0.1) is 12.7 Å². The highest BCUT2D eigenvalue weighted by Crippen LogP contribution is 2.23. The van der Waals surface area contributed by atoms with Crippen LogP contribution in [0.3, 0.4) is 0 Å². The van der Waals surface area contributed by atoms with Gasteiger partial charge >= 0.3 is 0 Å². The van der Waals surface area contributed by atoms with E-state index < -0.39 is 37.1 Å². The number of benzene rings is 1. The Hall–Kier alpha value is -1.35. The Morgan fingerprint density at radius 3 is 1.96 bits per heavy atom. The third kappa shape index (κ3) is 8.35. The van der Waals surface area contributed by atoms with Crippen LogP contribution in [0.5, 0.6) is 0 Å². The fourth-order valence-corrected chi connectivity index (χ4v) is 2.55. The Morgan fingerprint density at radius 2 is 1.54 bits per heavy atom. The second-order valence-corrected chi connectivity index (χ2v) is 6.01. The van der Waals surface area contributed by atoms with E-state index in [9.17, 15) is 20.1 Å². The molecule has 26 heavy (non-hydrogen) atoms. The Kier molecular flexibility index (Phi) is 13.1. The van der Waals surface area contributed by atoms with Crippen molar-refractivity contribution in [1.82, 2.24) is 0 Å².